The number of pyridine rings is 1. The number of aryl methyl sites for hydroxylation is 2. The molecule has 0 spiro atoms. The molecule has 0 fully saturated rings. The summed E-state index contributed by atoms with van der Waals surface area (Å²) in [4.78, 5) is 12.9. The van der Waals surface area contributed by atoms with E-state index in [-0.39, 0.29) is 5.56 Å². The molecule has 0 saturated heterocycles. The van der Waals surface area contributed by atoms with E-state index in [4.69, 9.17) is 4.74 Å². The summed E-state index contributed by atoms with van der Waals surface area (Å²) in [6.45, 7) is 0. The fourth-order valence-electron chi connectivity index (χ4n) is 3.42. The van der Waals surface area contributed by atoms with Crippen molar-refractivity contribution >= 4 is 21.9 Å². The molecule has 0 unspecified atom stereocenters. The van der Waals surface area contributed by atoms with E-state index >= 15 is 0 Å². The Bertz CT molecular complexity index is 1120. The van der Waals surface area contributed by atoms with Gasteiger partial charge in [-0.2, -0.15) is 0 Å². The molecule has 2 aromatic carbocycles. The van der Waals surface area contributed by atoms with E-state index in [9.17, 15) is 4.79 Å². The number of nitrogens with zero attached hydrogens (tertiary/aromatic N) is 2. The van der Waals surface area contributed by atoms with Crippen molar-refractivity contribution < 1.29 is 4.74 Å². The third-order valence-electron chi connectivity index (χ3n) is 4.66. The molecule has 0 aliphatic rings. The minimum Gasteiger partial charge on any atom is -0.497 e. The molecular formula is C20H18N2O2. The summed E-state index contributed by atoms with van der Waals surface area (Å²) < 4.78 is 9.01. The molecule has 4 aromatic rings. The molecule has 0 saturated carbocycles. The van der Waals surface area contributed by atoms with Crippen LogP contribution in [0.15, 0.2) is 59.4 Å². The molecule has 2 aromatic heterocycles. The van der Waals surface area contributed by atoms with E-state index in [2.05, 4.69) is 16.7 Å². The van der Waals surface area contributed by atoms with Gasteiger partial charge in [0.2, 0.25) is 0 Å². The van der Waals surface area contributed by atoms with Crippen LogP contribution in [0.3, 0.4) is 0 Å². The van der Waals surface area contributed by atoms with Crippen molar-refractivity contribution in [1.82, 2.24) is 9.13 Å². The van der Waals surface area contributed by atoms with Crippen molar-refractivity contribution in [3.05, 3.63) is 65.0 Å². The van der Waals surface area contributed by atoms with Gasteiger partial charge in [-0.05, 0) is 29.8 Å². The molecule has 4 rings (SSSR count). The number of para-hydroxylation sites is 1. The Labute approximate surface area is 139 Å². The maximum Gasteiger partial charge on any atom is 0.259 e. The summed E-state index contributed by atoms with van der Waals surface area (Å²) in [6, 6.07) is 17.8. The minimum atomic E-state index is -0.00132. The number of ether oxygens (including phenoxy) is 1. The molecule has 4 nitrogen and oxygen atoms in total. The first-order valence-corrected chi connectivity index (χ1v) is 7.83. The normalized spacial score (nSPS) is 11.3. The molecular weight excluding hydrogens is 300 g/mol. The number of aromatic nitrogens is 2. The van der Waals surface area contributed by atoms with Crippen molar-refractivity contribution in [2.45, 2.75) is 0 Å². The molecule has 4 heteroatoms. The zero-order valence-corrected chi connectivity index (χ0v) is 13.9. The summed E-state index contributed by atoms with van der Waals surface area (Å²) in [7, 11) is 5.46. The molecule has 2 heterocycles. The van der Waals surface area contributed by atoms with Crippen LogP contribution >= 0.6 is 0 Å². The molecule has 0 bridgehead atoms. The third kappa shape index (κ3) is 1.96. The summed E-state index contributed by atoms with van der Waals surface area (Å²) >= 11 is 0. The number of benzene rings is 2. The Hall–Kier alpha value is -3.01. The molecule has 0 atom stereocenters. The van der Waals surface area contributed by atoms with Crippen molar-refractivity contribution in [2.24, 2.45) is 14.1 Å². The second kappa shape index (κ2) is 5.27. The molecule has 0 radical (unpaired) electrons. The van der Waals surface area contributed by atoms with Crippen LogP contribution < -0.4 is 10.3 Å². The van der Waals surface area contributed by atoms with Gasteiger partial charge in [0.25, 0.3) is 5.56 Å². The van der Waals surface area contributed by atoms with Crippen molar-refractivity contribution in [3.63, 3.8) is 0 Å². The largest absolute Gasteiger partial charge is 0.497 e. The van der Waals surface area contributed by atoms with Crippen LogP contribution in [-0.2, 0) is 14.1 Å². The SMILES string of the molecule is COc1ccc(-c2cc3c4ccccc4n(C)c3n(C)c2=O)cc1. The summed E-state index contributed by atoms with van der Waals surface area (Å²) in [5.41, 5.74) is 3.64. The van der Waals surface area contributed by atoms with E-state index in [1.165, 1.54) is 0 Å². The van der Waals surface area contributed by atoms with Crippen molar-refractivity contribution in [2.75, 3.05) is 7.11 Å². The van der Waals surface area contributed by atoms with Crippen molar-refractivity contribution in [3.8, 4) is 16.9 Å². The van der Waals surface area contributed by atoms with Crippen LogP contribution in [0.25, 0.3) is 33.1 Å². The monoisotopic (exact) mass is 318 g/mol. The first-order valence-electron chi connectivity index (χ1n) is 7.83. The van der Waals surface area contributed by atoms with Crippen LogP contribution in [0, 0.1) is 0 Å². The minimum absolute atomic E-state index is 0.00132. The highest BCUT2D eigenvalue weighted by molar-refractivity contribution is 6.07. The van der Waals surface area contributed by atoms with E-state index in [1.807, 2.05) is 56.6 Å². The lowest BCUT2D eigenvalue weighted by Crippen LogP contribution is -2.20. The van der Waals surface area contributed by atoms with Gasteiger partial charge in [0, 0.05) is 30.4 Å². The Morgan fingerprint density at radius 3 is 2.29 bits per heavy atom. The molecule has 0 aliphatic carbocycles. The highest BCUT2D eigenvalue weighted by atomic mass is 16.5. The maximum atomic E-state index is 12.9. The molecule has 0 amide bonds. The lowest BCUT2D eigenvalue weighted by atomic mass is 10.0. The average Bonchev–Trinajstić information content (AvgIpc) is 2.91. The lowest BCUT2D eigenvalue weighted by molar-refractivity contribution is 0.415. The van der Waals surface area contributed by atoms with Gasteiger partial charge in [-0.15, -0.1) is 0 Å². The lowest BCUT2D eigenvalue weighted by Gasteiger charge is -2.09. The van der Waals surface area contributed by atoms with Gasteiger partial charge >= 0.3 is 0 Å². The Kier molecular flexibility index (Phi) is 3.20. The fourth-order valence-corrected chi connectivity index (χ4v) is 3.42. The topological polar surface area (TPSA) is 36.2 Å². The van der Waals surface area contributed by atoms with Gasteiger partial charge in [-0.1, -0.05) is 30.3 Å². The molecule has 120 valence electrons. The summed E-state index contributed by atoms with van der Waals surface area (Å²) in [5, 5.41) is 2.24. The number of rotatable bonds is 2. The van der Waals surface area contributed by atoms with Crippen LogP contribution in [-0.4, -0.2) is 16.2 Å². The highest BCUT2D eigenvalue weighted by Gasteiger charge is 2.15. The zero-order chi connectivity index (χ0) is 16.8. The van der Waals surface area contributed by atoms with Crippen LogP contribution in [0.5, 0.6) is 5.75 Å². The number of hydrogen-bond acceptors (Lipinski definition) is 2. The Morgan fingerprint density at radius 2 is 1.58 bits per heavy atom. The second-order valence-corrected chi connectivity index (χ2v) is 5.96. The maximum absolute atomic E-state index is 12.9. The van der Waals surface area contributed by atoms with Gasteiger partial charge in [0.15, 0.2) is 0 Å². The third-order valence-corrected chi connectivity index (χ3v) is 4.66. The second-order valence-electron chi connectivity index (χ2n) is 5.96. The molecule has 0 N–H and O–H groups in total. The van der Waals surface area contributed by atoms with Gasteiger partial charge in [0.05, 0.1) is 12.6 Å². The van der Waals surface area contributed by atoms with Crippen LogP contribution in [0.1, 0.15) is 0 Å². The summed E-state index contributed by atoms with van der Waals surface area (Å²) in [6.07, 6.45) is 0. The average molecular weight is 318 g/mol. The van der Waals surface area contributed by atoms with Gasteiger partial charge in [-0.3, -0.25) is 9.36 Å². The summed E-state index contributed by atoms with van der Waals surface area (Å²) in [5.74, 6) is 0.779. The molecule has 0 aliphatic heterocycles. The van der Waals surface area contributed by atoms with E-state index < -0.39 is 0 Å². The predicted octanol–water partition coefficient (Wildman–Crippen LogP) is 3.71. The quantitative estimate of drug-likeness (QED) is 0.565. The number of hydrogen-bond donors (Lipinski definition) is 0. The van der Waals surface area contributed by atoms with E-state index in [0.29, 0.717) is 5.56 Å². The number of fused-ring (bicyclic) bond motifs is 3. The van der Waals surface area contributed by atoms with E-state index in [1.54, 1.807) is 11.7 Å². The van der Waals surface area contributed by atoms with Crippen molar-refractivity contribution in [1.29, 1.82) is 0 Å². The predicted molar refractivity (Wildman–Crippen MR) is 97.7 cm³/mol. The Balaban J connectivity index is 2.08. The first kappa shape index (κ1) is 14.6. The highest BCUT2D eigenvalue weighted by Crippen LogP contribution is 2.30. The zero-order valence-electron chi connectivity index (χ0n) is 13.9. The van der Waals surface area contributed by atoms with Gasteiger partial charge in [0.1, 0.15) is 11.4 Å². The Morgan fingerprint density at radius 1 is 0.875 bits per heavy atom. The number of methoxy groups -OCH3 is 1. The van der Waals surface area contributed by atoms with Crippen LogP contribution in [0.4, 0.5) is 0 Å². The smallest absolute Gasteiger partial charge is 0.259 e. The van der Waals surface area contributed by atoms with Gasteiger partial charge in [-0.25, -0.2) is 0 Å². The van der Waals surface area contributed by atoms with E-state index in [0.717, 1.165) is 33.2 Å². The first-order chi connectivity index (χ1) is 11.6. The standard InChI is InChI=1S/C20H18N2O2/c1-21-18-7-5-4-6-15(18)17-12-16(20(23)22(2)19(17)21)13-8-10-14(24-3)11-9-13/h4-12H,1-3H3. The van der Waals surface area contributed by atoms with Crippen LogP contribution in [0.2, 0.25) is 0 Å². The van der Waals surface area contributed by atoms with Gasteiger partial charge < -0.3 is 9.30 Å². The molecule has 24 heavy (non-hydrogen) atoms. The fraction of sp³-hybridized carbons (Fsp3) is 0.150.